The zero-order chi connectivity index (χ0) is 13.4. The van der Waals surface area contributed by atoms with E-state index < -0.39 is 5.97 Å². The minimum absolute atomic E-state index is 0.148. The van der Waals surface area contributed by atoms with Crippen molar-refractivity contribution >= 4 is 5.97 Å². The molecule has 0 aliphatic carbocycles. The molecule has 5 heteroatoms. The molecule has 0 saturated heterocycles. The Balaban J connectivity index is 2.25. The third-order valence-electron chi connectivity index (χ3n) is 2.96. The number of ether oxygens (including phenoxy) is 2. The SMILES string of the molecule is Cc1cc(-c2cccc3c2OCO3)c(C(=O)O)cn1. The predicted octanol–water partition coefficient (Wildman–Crippen LogP) is 2.48. The van der Waals surface area contributed by atoms with Crippen LogP contribution in [0.4, 0.5) is 0 Å². The highest BCUT2D eigenvalue weighted by Crippen LogP contribution is 2.42. The number of fused-ring (bicyclic) bond motifs is 1. The summed E-state index contributed by atoms with van der Waals surface area (Å²) >= 11 is 0. The number of benzene rings is 1. The monoisotopic (exact) mass is 257 g/mol. The van der Waals surface area contributed by atoms with Gasteiger partial charge in [0.1, 0.15) is 0 Å². The molecule has 1 N–H and O–H groups in total. The maximum atomic E-state index is 11.3. The van der Waals surface area contributed by atoms with E-state index in [1.807, 2.05) is 19.1 Å². The lowest BCUT2D eigenvalue weighted by Crippen LogP contribution is -2.02. The van der Waals surface area contributed by atoms with Crippen molar-refractivity contribution in [3.05, 3.63) is 41.7 Å². The molecule has 1 aromatic carbocycles. The van der Waals surface area contributed by atoms with Crippen LogP contribution in [0.2, 0.25) is 0 Å². The number of nitrogens with zero attached hydrogens (tertiary/aromatic N) is 1. The van der Waals surface area contributed by atoms with Gasteiger partial charge in [-0.3, -0.25) is 4.98 Å². The van der Waals surface area contributed by atoms with E-state index in [0.717, 1.165) is 5.69 Å². The Morgan fingerprint density at radius 1 is 1.32 bits per heavy atom. The fourth-order valence-corrected chi connectivity index (χ4v) is 2.10. The van der Waals surface area contributed by atoms with E-state index in [0.29, 0.717) is 22.6 Å². The molecule has 5 nitrogen and oxygen atoms in total. The minimum atomic E-state index is -1.01. The number of aromatic carboxylic acids is 1. The minimum Gasteiger partial charge on any atom is -0.478 e. The molecule has 19 heavy (non-hydrogen) atoms. The summed E-state index contributed by atoms with van der Waals surface area (Å²) in [6, 6.07) is 7.15. The van der Waals surface area contributed by atoms with Gasteiger partial charge >= 0.3 is 5.97 Å². The lowest BCUT2D eigenvalue weighted by molar-refractivity contribution is 0.0697. The summed E-state index contributed by atoms with van der Waals surface area (Å²) in [6.45, 7) is 1.97. The Hall–Kier alpha value is -2.56. The van der Waals surface area contributed by atoms with Gasteiger partial charge in [-0.25, -0.2) is 4.79 Å². The van der Waals surface area contributed by atoms with Crippen molar-refractivity contribution in [2.45, 2.75) is 6.92 Å². The van der Waals surface area contributed by atoms with Crippen molar-refractivity contribution in [2.75, 3.05) is 6.79 Å². The molecule has 0 unspecified atom stereocenters. The zero-order valence-electron chi connectivity index (χ0n) is 10.2. The van der Waals surface area contributed by atoms with E-state index in [2.05, 4.69) is 4.98 Å². The number of aromatic nitrogens is 1. The van der Waals surface area contributed by atoms with Gasteiger partial charge in [-0.1, -0.05) is 12.1 Å². The quantitative estimate of drug-likeness (QED) is 0.895. The fourth-order valence-electron chi connectivity index (χ4n) is 2.10. The second-order valence-corrected chi connectivity index (χ2v) is 4.22. The molecule has 0 fully saturated rings. The Morgan fingerprint density at radius 3 is 2.95 bits per heavy atom. The van der Waals surface area contributed by atoms with Gasteiger partial charge < -0.3 is 14.6 Å². The molecule has 1 aliphatic rings. The van der Waals surface area contributed by atoms with Crippen LogP contribution in [-0.2, 0) is 0 Å². The predicted molar refractivity (Wildman–Crippen MR) is 67.5 cm³/mol. The average Bonchev–Trinajstić information content (AvgIpc) is 2.86. The van der Waals surface area contributed by atoms with Crippen molar-refractivity contribution in [3.8, 4) is 22.6 Å². The van der Waals surface area contributed by atoms with Gasteiger partial charge in [0.15, 0.2) is 11.5 Å². The Kier molecular flexibility index (Phi) is 2.59. The first-order valence-corrected chi connectivity index (χ1v) is 5.76. The molecule has 0 radical (unpaired) electrons. The second kappa shape index (κ2) is 4.28. The Morgan fingerprint density at radius 2 is 2.16 bits per heavy atom. The van der Waals surface area contributed by atoms with E-state index in [1.165, 1.54) is 6.20 Å². The molecule has 1 aliphatic heterocycles. The van der Waals surface area contributed by atoms with Crippen LogP contribution in [0.1, 0.15) is 16.1 Å². The average molecular weight is 257 g/mol. The molecular formula is C14H11NO4. The Labute approximate surface area is 109 Å². The topological polar surface area (TPSA) is 68.7 Å². The lowest BCUT2D eigenvalue weighted by atomic mass is 9.99. The fraction of sp³-hybridized carbons (Fsp3) is 0.143. The van der Waals surface area contributed by atoms with Crippen LogP contribution in [0.3, 0.4) is 0 Å². The first-order chi connectivity index (χ1) is 9.16. The molecular weight excluding hydrogens is 246 g/mol. The van der Waals surface area contributed by atoms with Crippen LogP contribution < -0.4 is 9.47 Å². The maximum Gasteiger partial charge on any atom is 0.337 e. The van der Waals surface area contributed by atoms with Gasteiger partial charge in [0, 0.05) is 23.0 Å². The number of hydrogen-bond acceptors (Lipinski definition) is 4. The summed E-state index contributed by atoms with van der Waals surface area (Å²) in [5, 5.41) is 9.25. The summed E-state index contributed by atoms with van der Waals surface area (Å²) in [7, 11) is 0. The number of carboxylic acid groups (broad SMARTS) is 1. The molecule has 2 heterocycles. The standard InChI is InChI=1S/C14H11NO4/c1-8-5-10(11(6-15-8)14(16)17)9-3-2-4-12-13(9)19-7-18-12/h2-6H,7H2,1H3,(H,16,17). The summed E-state index contributed by atoms with van der Waals surface area (Å²) in [5.74, 6) is 0.193. The summed E-state index contributed by atoms with van der Waals surface area (Å²) in [5.41, 5.74) is 2.19. The number of carbonyl (C=O) groups is 1. The van der Waals surface area contributed by atoms with Crippen LogP contribution in [0.25, 0.3) is 11.1 Å². The van der Waals surface area contributed by atoms with Gasteiger partial charge in [-0.15, -0.1) is 0 Å². The molecule has 0 bridgehead atoms. The van der Waals surface area contributed by atoms with E-state index in [-0.39, 0.29) is 12.4 Å². The molecule has 0 amide bonds. The largest absolute Gasteiger partial charge is 0.478 e. The molecule has 2 aromatic rings. The van der Waals surface area contributed by atoms with Crippen LogP contribution in [0, 0.1) is 6.92 Å². The molecule has 96 valence electrons. The van der Waals surface area contributed by atoms with Crippen LogP contribution in [0.5, 0.6) is 11.5 Å². The number of hydrogen-bond donors (Lipinski definition) is 1. The molecule has 3 rings (SSSR count). The van der Waals surface area contributed by atoms with Crippen molar-refractivity contribution in [1.82, 2.24) is 4.98 Å². The first kappa shape index (κ1) is 11.5. The normalized spacial score (nSPS) is 12.5. The number of carboxylic acids is 1. The highest BCUT2D eigenvalue weighted by atomic mass is 16.7. The molecule has 0 atom stereocenters. The van der Waals surface area contributed by atoms with Crippen molar-refractivity contribution in [3.63, 3.8) is 0 Å². The number of rotatable bonds is 2. The van der Waals surface area contributed by atoms with E-state index in [4.69, 9.17) is 9.47 Å². The van der Waals surface area contributed by atoms with Crippen molar-refractivity contribution in [1.29, 1.82) is 0 Å². The first-order valence-electron chi connectivity index (χ1n) is 5.76. The number of para-hydroxylation sites is 1. The van der Waals surface area contributed by atoms with Crippen molar-refractivity contribution in [2.24, 2.45) is 0 Å². The van der Waals surface area contributed by atoms with Crippen molar-refractivity contribution < 1.29 is 19.4 Å². The van der Waals surface area contributed by atoms with Crippen LogP contribution in [-0.4, -0.2) is 22.9 Å². The van der Waals surface area contributed by atoms with Crippen LogP contribution in [0.15, 0.2) is 30.5 Å². The second-order valence-electron chi connectivity index (χ2n) is 4.22. The van der Waals surface area contributed by atoms with E-state index >= 15 is 0 Å². The van der Waals surface area contributed by atoms with Gasteiger partial charge in [-0.2, -0.15) is 0 Å². The maximum absolute atomic E-state index is 11.3. The highest BCUT2D eigenvalue weighted by molar-refractivity contribution is 5.97. The summed E-state index contributed by atoms with van der Waals surface area (Å²) in [6.07, 6.45) is 1.36. The summed E-state index contributed by atoms with van der Waals surface area (Å²) in [4.78, 5) is 15.3. The van der Waals surface area contributed by atoms with Gasteiger partial charge in [0.05, 0.1) is 5.56 Å². The van der Waals surface area contributed by atoms with Gasteiger partial charge in [-0.05, 0) is 19.1 Å². The molecule has 0 spiro atoms. The van der Waals surface area contributed by atoms with E-state index in [9.17, 15) is 9.90 Å². The molecule has 0 saturated carbocycles. The Bertz CT molecular complexity index is 666. The van der Waals surface area contributed by atoms with Crippen LogP contribution >= 0.6 is 0 Å². The van der Waals surface area contributed by atoms with E-state index in [1.54, 1.807) is 12.1 Å². The number of pyridine rings is 1. The van der Waals surface area contributed by atoms with Gasteiger partial charge in [0.25, 0.3) is 0 Å². The third kappa shape index (κ3) is 1.89. The smallest absolute Gasteiger partial charge is 0.337 e. The van der Waals surface area contributed by atoms with Gasteiger partial charge in [0.2, 0.25) is 6.79 Å². The highest BCUT2D eigenvalue weighted by Gasteiger charge is 2.22. The summed E-state index contributed by atoms with van der Waals surface area (Å²) < 4.78 is 10.7. The third-order valence-corrected chi connectivity index (χ3v) is 2.96. The number of aryl methyl sites for hydroxylation is 1. The molecule has 1 aromatic heterocycles. The zero-order valence-corrected chi connectivity index (χ0v) is 10.2. The lowest BCUT2D eigenvalue weighted by Gasteiger charge is -2.09.